The van der Waals surface area contributed by atoms with E-state index in [0.29, 0.717) is 12.8 Å². The fourth-order valence-corrected chi connectivity index (χ4v) is 4.71. The molecule has 1 aromatic rings. The zero-order valence-electron chi connectivity index (χ0n) is 17.3. The van der Waals surface area contributed by atoms with Gasteiger partial charge in [0.05, 0.1) is 12.2 Å². The van der Waals surface area contributed by atoms with Crippen molar-refractivity contribution >= 4 is 17.6 Å². The van der Waals surface area contributed by atoms with Gasteiger partial charge in [0.25, 0.3) is 0 Å². The molecule has 1 aromatic carbocycles. The Bertz CT molecular complexity index is 643. The Morgan fingerprint density at radius 1 is 1.21 bits per heavy atom. The second kappa shape index (κ2) is 12.4. The average Bonchev–Trinajstić information content (AvgIpc) is 2.97. The molecular formula is C24H35ClO4. The number of aliphatic hydroxyl groups is 2. The highest BCUT2D eigenvalue weighted by Crippen LogP contribution is 2.45. The first kappa shape index (κ1) is 23.9. The lowest BCUT2D eigenvalue weighted by atomic mass is 9.84. The summed E-state index contributed by atoms with van der Waals surface area (Å²) in [6.45, 7) is 2.15. The van der Waals surface area contributed by atoms with Gasteiger partial charge in [-0.2, -0.15) is 0 Å². The first-order chi connectivity index (χ1) is 13.9. The number of carbonyl (C=O) groups is 1. The van der Waals surface area contributed by atoms with Gasteiger partial charge in [-0.3, -0.25) is 4.79 Å². The summed E-state index contributed by atoms with van der Waals surface area (Å²) in [5.74, 6) is -0.646. The van der Waals surface area contributed by atoms with Gasteiger partial charge in [-0.25, -0.2) is 0 Å². The zero-order valence-corrected chi connectivity index (χ0v) is 18.1. The highest BCUT2D eigenvalue weighted by atomic mass is 35.5. The molecule has 0 saturated heterocycles. The van der Waals surface area contributed by atoms with Crippen LogP contribution < -0.4 is 0 Å². The summed E-state index contributed by atoms with van der Waals surface area (Å²) in [5.41, 5.74) is 1.99. The Hall–Kier alpha value is -1.36. The quantitative estimate of drug-likeness (QED) is 0.233. The van der Waals surface area contributed by atoms with Crippen LogP contribution in [0.5, 0.6) is 0 Å². The molecule has 0 radical (unpaired) electrons. The third kappa shape index (κ3) is 7.44. The van der Waals surface area contributed by atoms with E-state index in [2.05, 4.69) is 13.0 Å². The van der Waals surface area contributed by atoms with Gasteiger partial charge in [0.2, 0.25) is 0 Å². The number of unbranched alkanes of at least 4 members (excludes halogenated alkanes) is 3. The van der Waals surface area contributed by atoms with E-state index >= 15 is 0 Å². The fraction of sp³-hybridized carbons (Fsp3) is 0.625. The molecule has 162 valence electrons. The van der Waals surface area contributed by atoms with Crippen LogP contribution in [0.1, 0.15) is 87.9 Å². The number of hydrogen-bond donors (Lipinski definition) is 3. The number of allylic oxidation sites excluding steroid dienone is 2. The van der Waals surface area contributed by atoms with Crippen LogP contribution in [-0.2, 0) is 4.79 Å². The molecule has 29 heavy (non-hydrogen) atoms. The standard InChI is InChI=1S/C24H35ClO4/c1-2-3-6-10-21(26)17-12-14-18(15-13-17)24-19(20(25)16-22(24)27)9-7-4-5-8-11-23(28)29/h4,7,12-15,19-22,24,26-27H,2-3,5-6,8-11,16H2,1H3,(H,28,29)/b7-4-/t19?,20-,21?,22+,24-/m1/s1. The number of halogens is 1. The zero-order chi connectivity index (χ0) is 21.2. The van der Waals surface area contributed by atoms with Crippen molar-refractivity contribution in [3.05, 3.63) is 47.5 Å². The molecule has 2 rings (SSSR count). The molecule has 1 aliphatic rings. The molecular weight excluding hydrogens is 388 g/mol. The summed E-state index contributed by atoms with van der Waals surface area (Å²) in [5, 5.41) is 29.5. The molecule has 0 aromatic heterocycles. The van der Waals surface area contributed by atoms with Gasteiger partial charge in [0.1, 0.15) is 0 Å². The Morgan fingerprint density at radius 3 is 2.59 bits per heavy atom. The molecule has 0 spiro atoms. The highest BCUT2D eigenvalue weighted by molar-refractivity contribution is 6.21. The first-order valence-corrected chi connectivity index (χ1v) is 11.3. The van der Waals surface area contributed by atoms with E-state index in [-0.39, 0.29) is 23.6 Å². The molecule has 5 atom stereocenters. The summed E-state index contributed by atoms with van der Waals surface area (Å²) in [7, 11) is 0. The highest BCUT2D eigenvalue weighted by Gasteiger charge is 2.41. The molecule has 1 saturated carbocycles. The maximum absolute atomic E-state index is 10.6. The first-order valence-electron chi connectivity index (χ1n) is 10.9. The molecule has 1 fully saturated rings. The largest absolute Gasteiger partial charge is 0.481 e. The van der Waals surface area contributed by atoms with E-state index in [9.17, 15) is 15.0 Å². The van der Waals surface area contributed by atoms with Crippen LogP contribution in [0, 0.1) is 5.92 Å². The summed E-state index contributed by atoms with van der Waals surface area (Å²) < 4.78 is 0. The normalized spacial score (nSPS) is 25.5. The molecule has 1 aliphatic carbocycles. The molecule has 5 heteroatoms. The van der Waals surface area contributed by atoms with E-state index in [0.717, 1.165) is 49.7 Å². The van der Waals surface area contributed by atoms with Crippen LogP contribution in [0.4, 0.5) is 0 Å². The summed E-state index contributed by atoms with van der Waals surface area (Å²) in [6, 6.07) is 7.98. The van der Waals surface area contributed by atoms with E-state index in [1.807, 2.05) is 30.3 Å². The van der Waals surface area contributed by atoms with E-state index in [1.54, 1.807) is 0 Å². The molecule has 0 amide bonds. The SMILES string of the molecule is CCCCCC(O)c1ccc([C@@H]2C(C/C=C\CCCC(=O)O)[C@H](Cl)C[C@@H]2O)cc1. The Balaban J connectivity index is 1.96. The number of aliphatic hydroxyl groups excluding tert-OH is 2. The van der Waals surface area contributed by atoms with Gasteiger partial charge in [-0.1, -0.05) is 62.6 Å². The summed E-state index contributed by atoms with van der Waals surface area (Å²) >= 11 is 6.54. The van der Waals surface area contributed by atoms with Gasteiger partial charge in [-0.05, 0) is 49.1 Å². The van der Waals surface area contributed by atoms with Crippen molar-refractivity contribution in [1.29, 1.82) is 0 Å². The molecule has 0 aliphatic heterocycles. The molecule has 3 N–H and O–H groups in total. The smallest absolute Gasteiger partial charge is 0.303 e. The molecule has 0 bridgehead atoms. The lowest BCUT2D eigenvalue weighted by Gasteiger charge is -2.23. The van der Waals surface area contributed by atoms with Crippen LogP contribution in [-0.4, -0.2) is 32.8 Å². The minimum absolute atomic E-state index is 0.0209. The second-order valence-corrected chi connectivity index (χ2v) is 8.74. The van der Waals surface area contributed by atoms with Gasteiger partial charge < -0.3 is 15.3 Å². The maximum Gasteiger partial charge on any atom is 0.303 e. The van der Waals surface area contributed by atoms with Crippen LogP contribution in [0.2, 0.25) is 0 Å². The minimum Gasteiger partial charge on any atom is -0.481 e. The van der Waals surface area contributed by atoms with Crippen LogP contribution in [0.15, 0.2) is 36.4 Å². The van der Waals surface area contributed by atoms with E-state index in [4.69, 9.17) is 16.7 Å². The Morgan fingerprint density at radius 2 is 1.93 bits per heavy atom. The Labute approximate surface area is 179 Å². The average molecular weight is 423 g/mol. The third-order valence-corrected chi connectivity index (χ3v) is 6.43. The van der Waals surface area contributed by atoms with Gasteiger partial charge in [0.15, 0.2) is 0 Å². The topological polar surface area (TPSA) is 77.8 Å². The summed E-state index contributed by atoms with van der Waals surface area (Å²) in [6.07, 6.45) is 10.2. The number of carboxylic acids is 1. The van der Waals surface area contributed by atoms with Gasteiger partial charge in [-0.15, -0.1) is 11.6 Å². The van der Waals surface area contributed by atoms with Crippen molar-refractivity contribution in [3.8, 4) is 0 Å². The summed E-state index contributed by atoms with van der Waals surface area (Å²) in [4.78, 5) is 10.6. The van der Waals surface area contributed by atoms with Crippen molar-refractivity contribution < 1.29 is 20.1 Å². The van der Waals surface area contributed by atoms with E-state index in [1.165, 1.54) is 0 Å². The van der Waals surface area contributed by atoms with Gasteiger partial charge in [0, 0.05) is 17.7 Å². The number of hydrogen-bond acceptors (Lipinski definition) is 3. The van der Waals surface area contributed by atoms with Crippen molar-refractivity contribution in [2.24, 2.45) is 5.92 Å². The number of carboxylic acid groups (broad SMARTS) is 1. The second-order valence-electron chi connectivity index (χ2n) is 8.18. The third-order valence-electron chi connectivity index (χ3n) is 5.93. The molecule has 0 heterocycles. The number of alkyl halides is 1. The monoisotopic (exact) mass is 422 g/mol. The van der Waals surface area contributed by atoms with Crippen molar-refractivity contribution in [1.82, 2.24) is 0 Å². The predicted octanol–water partition coefficient (Wildman–Crippen LogP) is 5.57. The van der Waals surface area contributed by atoms with Crippen molar-refractivity contribution in [2.45, 2.75) is 88.2 Å². The number of benzene rings is 1. The van der Waals surface area contributed by atoms with Crippen molar-refractivity contribution in [3.63, 3.8) is 0 Å². The van der Waals surface area contributed by atoms with E-state index < -0.39 is 18.2 Å². The predicted molar refractivity (Wildman–Crippen MR) is 117 cm³/mol. The van der Waals surface area contributed by atoms with Crippen LogP contribution in [0.3, 0.4) is 0 Å². The maximum atomic E-state index is 10.6. The van der Waals surface area contributed by atoms with Crippen molar-refractivity contribution in [2.75, 3.05) is 0 Å². The molecule has 4 nitrogen and oxygen atoms in total. The Kier molecular flexibility index (Phi) is 10.2. The lowest BCUT2D eigenvalue weighted by Crippen LogP contribution is -2.18. The lowest BCUT2D eigenvalue weighted by molar-refractivity contribution is -0.137. The minimum atomic E-state index is -0.767. The number of aliphatic carboxylic acids is 1. The van der Waals surface area contributed by atoms with Gasteiger partial charge >= 0.3 is 5.97 Å². The van der Waals surface area contributed by atoms with Crippen LogP contribution >= 0.6 is 11.6 Å². The van der Waals surface area contributed by atoms with Crippen LogP contribution in [0.25, 0.3) is 0 Å². The number of rotatable bonds is 12. The molecule has 2 unspecified atom stereocenters. The fourth-order valence-electron chi connectivity index (χ4n) is 4.26.